The van der Waals surface area contributed by atoms with Crippen molar-refractivity contribution < 1.29 is 4.79 Å². The van der Waals surface area contributed by atoms with Crippen LogP contribution in [0.1, 0.15) is 18.0 Å². The van der Waals surface area contributed by atoms with Crippen molar-refractivity contribution in [2.24, 2.45) is 0 Å². The molecule has 2 atom stereocenters. The normalized spacial score (nSPS) is 20.0. The van der Waals surface area contributed by atoms with Gasteiger partial charge in [0.05, 0.1) is 0 Å². The molecule has 1 amide bonds. The Labute approximate surface area is 150 Å². The topological polar surface area (TPSA) is 56.4 Å². The molecular formula is C18H21BrN4O. The van der Waals surface area contributed by atoms with Gasteiger partial charge in [-0.3, -0.25) is 4.79 Å². The molecular weight excluding hydrogens is 368 g/mol. The molecule has 0 aliphatic carbocycles. The van der Waals surface area contributed by atoms with Crippen molar-refractivity contribution in [2.75, 3.05) is 24.3 Å². The third-order valence-corrected chi connectivity index (χ3v) is 4.67. The van der Waals surface area contributed by atoms with Gasteiger partial charge >= 0.3 is 0 Å². The van der Waals surface area contributed by atoms with Gasteiger partial charge < -0.3 is 10.2 Å². The number of amides is 1. The maximum atomic E-state index is 12.4. The van der Waals surface area contributed by atoms with Crippen LogP contribution in [-0.2, 0) is 4.79 Å². The summed E-state index contributed by atoms with van der Waals surface area (Å²) in [5.74, 6) is -0.0280. The Morgan fingerprint density at radius 1 is 1.08 bits per heavy atom. The average Bonchev–Trinajstić information content (AvgIpc) is 3.06. The molecule has 5 nitrogen and oxygen atoms in total. The van der Waals surface area contributed by atoms with Gasteiger partial charge in [0.15, 0.2) is 0 Å². The third-order valence-electron chi connectivity index (χ3n) is 4.14. The van der Waals surface area contributed by atoms with Crippen LogP contribution in [0.15, 0.2) is 53.0 Å². The maximum Gasteiger partial charge on any atom is 0.242 e. The zero-order valence-corrected chi connectivity index (χ0v) is 15.3. The van der Waals surface area contributed by atoms with Gasteiger partial charge in [0.2, 0.25) is 5.91 Å². The van der Waals surface area contributed by atoms with Crippen molar-refractivity contribution in [1.82, 2.24) is 10.9 Å². The lowest BCUT2D eigenvalue weighted by Gasteiger charge is -2.14. The molecule has 2 aromatic rings. The van der Waals surface area contributed by atoms with Gasteiger partial charge in [-0.2, -0.15) is 0 Å². The molecule has 0 saturated carbocycles. The lowest BCUT2D eigenvalue weighted by atomic mass is 10.0. The molecule has 3 rings (SSSR count). The first kappa shape index (κ1) is 17.0. The smallest absolute Gasteiger partial charge is 0.242 e. The van der Waals surface area contributed by atoms with Crippen LogP contribution >= 0.6 is 15.9 Å². The van der Waals surface area contributed by atoms with E-state index in [1.54, 1.807) is 0 Å². The van der Waals surface area contributed by atoms with E-state index in [1.165, 1.54) is 0 Å². The van der Waals surface area contributed by atoms with Crippen LogP contribution in [0.25, 0.3) is 0 Å². The van der Waals surface area contributed by atoms with E-state index >= 15 is 0 Å². The summed E-state index contributed by atoms with van der Waals surface area (Å²) in [5.41, 5.74) is 9.36. The van der Waals surface area contributed by atoms with E-state index in [4.69, 9.17) is 0 Å². The second-order valence-corrected chi connectivity index (χ2v) is 7.03. The Bertz CT molecular complexity index is 700. The van der Waals surface area contributed by atoms with E-state index in [0.29, 0.717) is 6.42 Å². The molecule has 1 fully saturated rings. The second-order valence-electron chi connectivity index (χ2n) is 6.11. The van der Waals surface area contributed by atoms with Crippen LogP contribution in [-0.4, -0.2) is 26.0 Å². The zero-order valence-electron chi connectivity index (χ0n) is 13.7. The highest BCUT2D eigenvalue weighted by atomic mass is 79.9. The van der Waals surface area contributed by atoms with Crippen LogP contribution in [0.3, 0.4) is 0 Å². The van der Waals surface area contributed by atoms with Crippen LogP contribution in [0.4, 0.5) is 11.4 Å². The highest BCUT2D eigenvalue weighted by Gasteiger charge is 2.30. The third kappa shape index (κ3) is 3.95. The molecule has 3 N–H and O–H groups in total. The molecule has 0 spiro atoms. The van der Waals surface area contributed by atoms with E-state index in [-0.39, 0.29) is 18.0 Å². The number of hydrogen-bond acceptors (Lipinski definition) is 4. The van der Waals surface area contributed by atoms with E-state index in [0.717, 1.165) is 21.4 Å². The summed E-state index contributed by atoms with van der Waals surface area (Å²) >= 11 is 3.44. The van der Waals surface area contributed by atoms with Crippen molar-refractivity contribution in [1.29, 1.82) is 0 Å². The minimum Gasteiger partial charge on any atom is -0.378 e. The standard InChI is InChI=1S/C18H21BrN4O/c1-23(2)15-9-7-14(8-10-15)20-18(24)17-11-16(21-22-17)12-3-5-13(19)6-4-12/h3-10,16-17,21-22H,11H2,1-2H3,(H,20,24). The second kappa shape index (κ2) is 7.34. The number of nitrogens with zero attached hydrogens (tertiary/aromatic N) is 1. The Morgan fingerprint density at radius 3 is 2.38 bits per heavy atom. The highest BCUT2D eigenvalue weighted by Crippen LogP contribution is 2.24. The first-order valence-corrected chi connectivity index (χ1v) is 8.67. The Kier molecular flexibility index (Phi) is 5.18. The summed E-state index contributed by atoms with van der Waals surface area (Å²) in [6.45, 7) is 0. The summed E-state index contributed by atoms with van der Waals surface area (Å²) in [5, 5.41) is 2.96. The SMILES string of the molecule is CN(C)c1ccc(NC(=O)C2CC(c3ccc(Br)cc3)NN2)cc1. The molecule has 1 aliphatic rings. The fourth-order valence-electron chi connectivity index (χ4n) is 2.71. The predicted molar refractivity (Wildman–Crippen MR) is 101 cm³/mol. The van der Waals surface area contributed by atoms with Gasteiger partial charge in [0, 0.05) is 36.0 Å². The summed E-state index contributed by atoms with van der Waals surface area (Å²) in [6.07, 6.45) is 0.712. The number of benzene rings is 2. The molecule has 24 heavy (non-hydrogen) atoms. The molecule has 6 heteroatoms. The van der Waals surface area contributed by atoms with Gasteiger partial charge in [0.25, 0.3) is 0 Å². The number of hydrazine groups is 1. The largest absolute Gasteiger partial charge is 0.378 e. The number of hydrogen-bond donors (Lipinski definition) is 3. The van der Waals surface area contributed by atoms with Crippen LogP contribution in [0.2, 0.25) is 0 Å². The summed E-state index contributed by atoms with van der Waals surface area (Å²) in [6, 6.07) is 15.8. The fourth-order valence-corrected chi connectivity index (χ4v) is 2.98. The average molecular weight is 389 g/mol. The highest BCUT2D eigenvalue weighted by molar-refractivity contribution is 9.10. The van der Waals surface area contributed by atoms with E-state index in [9.17, 15) is 4.79 Å². The lowest BCUT2D eigenvalue weighted by molar-refractivity contribution is -0.117. The summed E-state index contributed by atoms with van der Waals surface area (Å²) in [7, 11) is 3.98. The molecule has 2 aromatic carbocycles. The number of halogens is 1. The predicted octanol–water partition coefficient (Wildman–Crippen LogP) is 3.06. The van der Waals surface area contributed by atoms with E-state index in [2.05, 4.69) is 44.2 Å². The molecule has 0 aromatic heterocycles. The minimum absolute atomic E-state index is 0.0280. The van der Waals surface area contributed by atoms with Crippen LogP contribution < -0.4 is 21.1 Å². The van der Waals surface area contributed by atoms with Gasteiger partial charge in [-0.1, -0.05) is 28.1 Å². The lowest BCUT2D eigenvalue weighted by Crippen LogP contribution is -2.39. The zero-order chi connectivity index (χ0) is 17.1. The Hall–Kier alpha value is -1.89. The van der Waals surface area contributed by atoms with Crippen LogP contribution in [0, 0.1) is 0 Å². The number of anilines is 2. The summed E-state index contributed by atoms with van der Waals surface area (Å²) in [4.78, 5) is 14.5. The fraction of sp³-hybridized carbons (Fsp3) is 0.278. The monoisotopic (exact) mass is 388 g/mol. The molecule has 2 unspecified atom stereocenters. The Morgan fingerprint density at radius 2 is 1.75 bits per heavy atom. The number of carbonyl (C=O) groups excluding carboxylic acids is 1. The van der Waals surface area contributed by atoms with Crippen molar-refractivity contribution in [3.63, 3.8) is 0 Å². The molecule has 1 heterocycles. The first-order valence-electron chi connectivity index (χ1n) is 7.88. The Balaban J connectivity index is 1.59. The quantitative estimate of drug-likeness (QED) is 0.753. The molecule has 126 valence electrons. The first-order chi connectivity index (χ1) is 11.5. The number of nitrogens with one attached hydrogen (secondary N) is 3. The molecule has 1 aliphatic heterocycles. The van der Waals surface area contributed by atoms with Crippen LogP contribution in [0.5, 0.6) is 0 Å². The maximum absolute atomic E-state index is 12.4. The van der Waals surface area contributed by atoms with E-state index < -0.39 is 0 Å². The van der Waals surface area contributed by atoms with E-state index in [1.807, 2.05) is 55.4 Å². The van der Waals surface area contributed by atoms with Gasteiger partial charge in [-0.15, -0.1) is 0 Å². The van der Waals surface area contributed by atoms with Crippen molar-refractivity contribution in [3.8, 4) is 0 Å². The van der Waals surface area contributed by atoms with Crippen molar-refractivity contribution >= 4 is 33.2 Å². The minimum atomic E-state index is -0.257. The summed E-state index contributed by atoms with van der Waals surface area (Å²) < 4.78 is 1.05. The molecule has 0 radical (unpaired) electrons. The van der Waals surface area contributed by atoms with Crippen molar-refractivity contribution in [2.45, 2.75) is 18.5 Å². The van der Waals surface area contributed by atoms with Gasteiger partial charge in [0.1, 0.15) is 6.04 Å². The molecule has 1 saturated heterocycles. The molecule has 0 bridgehead atoms. The number of rotatable bonds is 4. The van der Waals surface area contributed by atoms with Gasteiger partial charge in [-0.25, -0.2) is 10.9 Å². The van der Waals surface area contributed by atoms with Crippen molar-refractivity contribution in [3.05, 3.63) is 58.6 Å². The number of carbonyl (C=O) groups is 1. The van der Waals surface area contributed by atoms with Gasteiger partial charge in [-0.05, 0) is 48.4 Å².